The number of aryl methyl sites for hydroxylation is 1. The molecule has 0 saturated carbocycles. The number of carbonyl (C=O) groups excluding carboxylic acids is 1. The van der Waals surface area contributed by atoms with Gasteiger partial charge in [0.25, 0.3) is 0 Å². The van der Waals surface area contributed by atoms with Crippen molar-refractivity contribution in [3.8, 4) is 0 Å². The third-order valence-corrected chi connectivity index (χ3v) is 3.24. The summed E-state index contributed by atoms with van der Waals surface area (Å²) in [4.78, 5) is 27.7. The van der Waals surface area contributed by atoms with Crippen molar-refractivity contribution in [1.29, 1.82) is 0 Å². The summed E-state index contributed by atoms with van der Waals surface area (Å²) in [5, 5.41) is 8.60. The van der Waals surface area contributed by atoms with E-state index in [2.05, 4.69) is 9.97 Å². The minimum Gasteiger partial charge on any atom is -0.460 e. The highest BCUT2D eigenvalue weighted by Crippen LogP contribution is 2.18. The van der Waals surface area contributed by atoms with Crippen LogP contribution in [0.4, 0.5) is 0 Å². The molecule has 0 amide bonds. The zero-order valence-corrected chi connectivity index (χ0v) is 11.5. The second-order valence-corrected chi connectivity index (χ2v) is 5.25. The van der Waals surface area contributed by atoms with E-state index in [0.29, 0.717) is 28.8 Å². The molecule has 1 aromatic heterocycles. The number of fused-ring (bicyclic) bond motifs is 1. The van der Waals surface area contributed by atoms with E-state index in [1.165, 1.54) is 0 Å². The Bertz CT molecular complexity index is 640. The van der Waals surface area contributed by atoms with Gasteiger partial charge in [0, 0.05) is 0 Å². The summed E-state index contributed by atoms with van der Waals surface area (Å²) in [5.74, 6) is 0.0776. The van der Waals surface area contributed by atoms with Gasteiger partial charge in [0.15, 0.2) is 6.16 Å². The smallest absolute Gasteiger partial charge is 0.460 e. The molecule has 8 heteroatoms. The van der Waals surface area contributed by atoms with E-state index in [1.807, 2.05) is 0 Å². The molecule has 0 aliphatic carbocycles. The lowest BCUT2D eigenvalue weighted by Gasteiger charge is -2.02. The van der Waals surface area contributed by atoms with Crippen LogP contribution in [-0.4, -0.2) is 45.3 Å². The molecular weight excluding hydrogens is 283 g/mol. The van der Waals surface area contributed by atoms with E-state index < -0.39 is 14.0 Å². The standard InChI is InChI=1S/C12H13N2O5P/c15-4-5-19-12(16)8-1-2-9-10(7-8)14-11(13-9)3-6-20(17)18/h1-2,7,15H,3-6H2,(H-,13,14,16,17,18)/p+1. The third-order valence-electron chi connectivity index (χ3n) is 2.63. The summed E-state index contributed by atoms with van der Waals surface area (Å²) < 4.78 is 15.5. The Hall–Kier alpha value is -1.82. The highest BCUT2D eigenvalue weighted by atomic mass is 31.1. The average molecular weight is 297 g/mol. The van der Waals surface area contributed by atoms with E-state index >= 15 is 0 Å². The van der Waals surface area contributed by atoms with Crippen LogP contribution in [0.25, 0.3) is 11.0 Å². The van der Waals surface area contributed by atoms with Crippen molar-refractivity contribution in [1.82, 2.24) is 9.97 Å². The van der Waals surface area contributed by atoms with E-state index in [0.717, 1.165) is 0 Å². The number of H-pyrrole nitrogens is 1. The molecule has 0 radical (unpaired) electrons. The first-order valence-electron chi connectivity index (χ1n) is 6.00. The fraction of sp³-hybridized carbons (Fsp3) is 0.333. The number of imidazole rings is 1. The Labute approximate surface area is 115 Å². The fourth-order valence-corrected chi connectivity index (χ4v) is 2.13. The van der Waals surface area contributed by atoms with Gasteiger partial charge in [-0.15, -0.1) is 0 Å². The van der Waals surface area contributed by atoms with E-state index in [4.69, 9.17) is 14.7 Å². The van der Waals surface area contributed by atoms with Crippen molar-refractivity contribution >= 4 is 25.0 Å². The summed E-state index contributed by atoms with van der Waals surface area (Å²) in [6.45, 7) is -0.268. The molecule has 0 aliphatic rings. The Morgan fingerprint density at radius 1 is 1.45 bits per heavy atom. The van der Waals surface area contributed by atoms with E-state index in [-0.39, 0.29) is 19.4 Å². The predicted molar refractivity (Wildman–Crippen MR) is 71.9 cm³/mol. The molecule has 1 atom stereocenters. The number of rotatable bonds is 6. The first kappa shape index (κ1) is 14.6. The van der Waals surface area contributed by atoms with Gasteiger partial charge in [-0.05, 0) is 22.8 Å². The number of aliphatic hydroxyl groups is 1. The molecule has 1 aromatic carbocycles. The van der Waals surface area contributed by atoms with Crippen molar-refractivity contribution < 1.29 is 24.1 Å². The Morgan fingerprint density at radius 2 is 2.25 bits per heavy atom. The van der Waals surface area contributed by atoms with Crippen LogP contribution in [0.15, 0.2) is 18.2 Å². The number of aromatic amines is 1. The van der Waals surface area contributed by atoms with Crippen molar-refractivity contribution in [3.63, 3.8) is 0 Å². The van der Waals surface area contributed by atoms with Gasteiger partial charge in [0.1, 0.15) is 12.4 Å². The summed E-state index contributed by atoms with van der Waals surface area (Å²) >= 11 is 0. The molecule has 2 rings (SSSR count). The van der Waals surface area contributed by atoms with Crippen molar-refractivity contribution in [2.75, 3.05) is 19.4 Å². The number of carbonyl (C=O) groups is 1. The van der Waals surface area contributed by atoms with Crippen LogP contribution in [-0.2, 0) is 15.7 Å². The highest BCUT2D eigenvalue weighted by Gasteiger charge is 2.14. The largest absolute Gasteiger partial charge is 0.505 e. The summed E-state index contributed by atoms with van der Waals surface area (Å²) in [6, 6.07) is 4.85. The number of aromatic nitrogens is 2. The molecule has 0 spiro atoms. The molecule has 2 aromatic rings. The molecular formula is C12H14N2O5P+. The van der Waals surface area contributed by atoms with Gasteiger partial charge in [0.2, 0.25) is 0 Å². The predicted octanol–water partition coefficient (Wildman–Crippen LogP) is 0.989. The second-order valence-electron chi connectivity index (χ2n) is 4.10. The number of ether oxygens (including phenoxy) is 1. The molecule has 0 bridgehead atoms. The van der Waals surface area contributed by atoms with Gasteiger partial charge < -0.3 is 14.8 Å². The lowest BCUT2D eigenvalue weighted by atomic mass is 10.2. The monoisotopic (exact) mass is 297 g/mol. The minimum atomic E-state index is -2.18. The first-order chi connectivity index (χ1) is 9.60. The zero-order chi connectivity index (χ0) is 14.5. The maximum Gasteiger partial charge on any atom is 0.505 e. The maximum atomic E-state index is 11.6. The molecule has 3 N–H and O–H groups in total. The minimum absolute atomic E-state index is 0.0470. The SMILES string of the molecule is O=C(OCCO)c1ccc2nc(CC[P+](=O)O)[nH]c2c1. The van der Waals surface area contributed by atoms with Crippen molar-refractivity contribution in [2.24, 2.45) is 0 Å². The van der Waals surface area contributed by atoms with Gasteiger partial charge in [0.05, 0.1) is 29.6 Å². The number of nitrogens with zero attached hydrogens (tertiary/aromatic N) is 1. The van der Waals surface area contributed by atoms with Gasteiger partial charge in [-0.25, -0.2) is 9.78 Å². The van der Waals surface area contributed by atoms with Crippen LogP contribution in [0.1, 0.15) is 16.2 Å². The highest BCUT2D eigenvalue weighted by molar-refractivity contribution is 7.37. The Balaban J connectivity index is 2.16. The quantitative estimate of drug-likeness (QED) is 0.541. The second kappa shape index (κ2) is 6.56. The number of hydrogen-bond acceptors (Lipinski definition) is 5. The summed E-state index contributed by atoms with van der Waals surface area (Å²) in [5.41, 5.74) is 1.69. The Morgan fingerprint density at radius 3 is 2.95 bits per heavy atom. The Kier molecular flexibility index (Phi) is 4.79. The lowest BCUT2D eigenvalue weighted by molar-refractivity contribution is 0.0434. The molecule has 0 aliphatic heterocycles. The first-order valence-corrected chi connectivity index (χ1v) is 7.40. The van der Waals surface area contributed by atoms with E-state index in [1.54, 1.807) is 18.2 Å². The number of aliphatic hydroxyl groups excluding tert-OH is 1. The summed E-state index contributed by atoms with van der Waals surface area (Å²) in [6.07, 6.45) is 0.505. The summed E-state index contributed by atoms with van der Waals surface area (Å²) in [7, 11) is -2.18. The van der Waals surface area contributed by atoms with Gasteiger partial charge >= 0.3 is 14.0 Å². The van der Waals surface area contributed by atoms with Crippen molar-refractivity contribution in [3.05, 3.63) is 29.6 Å². The van der Waals surface area contributed by atoms with Crippen LogP contribution in [0, 0.1) is 0 Å². The number of hydrogen-bond donors (Lipinski definition) is 3. The molecule has 7 nitrogen and oxygen atoms in total. The van der Waals surface area contributed by atoms with Gasteiger partial charge in [-0.1, -0.05) is 0 Å². The van der Waals surface area contributed by atoms with Crippen LogP contribution in [0.3, 0.4) is 0 Å². The number of esters is 1. The molecule has 0 saturated heterocycles. The third kappa shape index (κ3) is 3.60. The molecule has 0 fully saturated rings. The van der Waals surface area contributed by atoms with E-state index in [9.17, 15) is 9.36 Å². The molecule has 1 unspecified atom stereocenters. The van der Waals surface area contributed by atoms with Crippen LogP contribution < -0.4 is 0 Å². The van der Waals surface area contributed by atoms with Crippen LogP contribution in [0.5, 0.6) is 0 Å². The zero-order valence-electron chi connectivity index (χ0n) is 10.6. The van der Waals surface area contributed by atoms with Crippen molar-refractivity contribution in [2.45, 2.75) is 6.42 Å². The molecule has 20 heavy (non-hydrogen) atoms. The fourth-order valence-electron chi connectivity index (χ4n) is 1.73. The number of benzene rings is 1. The molecule has 1 heterocycles. The van der Waals surface area contributed by atoms with Gasteiger partial charge in [-0.3, -0.25) is 0 Å². The van der Waals surface area contributed by atoms with Crippen LogP contribution in [0.2, 0.25) is 0 Å². The maximum absolute atomic E-state index is 11.6. The molecule has 106 valence electrons. The lowest BCUT2D eigenvalue weighted by Crippen LogP contribution is -2.08. The normalized spacial score (nSPS) is 11.6. The number of nitrogens with one attached hydrogen (secondary N) is 1. The topological polar surface area (TPSA) is 113 Å². The van der Waals surface area contributed by atoms with Crippen LogP contribution >= 0.6 is 8.03 Å². The average Bonchev–Trinajstić information content (AvgIpc) is 2.84. The van der Waals surface area contributed by atoms with Gasteiger partial charge in [-0.2, -0.15) is 4.89 Å².